The Morgan fingerprint density at radius 3 is 2.30 bits per heavy atom. The van der Waals surface area contributed by atoms with Gasteiger partial charge in [0.25, 0.3) is 0 Å². The molecule has 0 amide bonds. The van der Waals surface area contributed by atoms with Crippen LogP contribution in [0, 0.1) is 11.8 Å². The smallest absolute Gasteiger partial charge is 0.238 e. The topological polar surface area (TPSA) is 70.6 Å². The van der Waals surface area contributed by atoms with Gasteiger partial charge in [0.1, 0.15) is 11.6 Å². The normalized spacial score (nSPS) is 18.3. The fourth-order valence-electron chi connectivity index (χ4n) is 3.45. The molecule has 2 aromatic rings. The van der Waals surface area contributed by atoms with Crippen molar-refractivity contribution in [3.63, 3.8) is 0 Å². The molecule has 7 heteroatoms. The van der Waals surface area contributed by atoms with E-state index in [0.717, 1.165) is 12.1 Å². The third kappa shape index (κ3) is 5.01. The average molecular weight is 430 g/mol. The summed E-state index contributed by atoms with van der Waals surface area (Å²) in [6, 6.07) is 13.4. The van der Waals surface area contributed by atoms with Crippen molar-refractivity contribution in [1.29, 1.82) is 0 Å². The monoisotopic (exact) mass is 429 g/mol. The average Bonchev–Trinajstić information content (AvgIpc) is 3.41. The van der Waals surface area contributed by atoms with Crippen LogP contribution >= 0.6 is 0 Å². The Balaban J connectivity index is 2.03. The number of hydrogen-bond acceptors (Lipinski definition) is 5. The molecule has 1 fully saturated rings. The summed E-state index contributed by atoms with van der Waals surface area (Å²) < 4.78 is 26.6. The van der Waals surface area contributed by atoms with Crippen LogP contribution in [0.1, 0.15) is 50.0 Å². The number of rotatable bonds is 9. The van der Waals surface area contributed by atoms with Gasteiger partial charge in [0.2, 0.25) is 10.0 Å². The van der Waals surface area contributed by atoms with Gasteiger partial charge >= 0.3 is 0 Å². The van der Waals surface area contributed by atoms with Gasteiger partial charge < -0.3 is 4.90 Å². The molecule has 1 heterocycles. The number of anilines is 2. The molecule has 1 aliphatic carbocycles. The van der Waals surface area contributed by atoms with E-state index in [2.05, 4.69) is 28.9 Å². The zero-order chi connectivity index (χ0) is 22.1. The maximum Gasteiger partial charge on any atom is 0.238 e. The summed E-state index contributed by atoms with van der Waals surface area (Å²) in [4.78, 5) is 19.1. The van der Waals surface area contributed by atoms with Crippen molar-refractivity contribution in [2.75, 3.05) is 22.8 Å². The van der Waals surface area contributed by atoms with E-state index in [4.69, 9.17) is 0 Å². The highest BCUT2D eigenvalue weighted by atomic mass is 32.2. The third-order valence-corrected chi connectivity index (χ3v) is 7.92. The third-order valence-electron chi connectivity index (χ3n) is 5.78. The van der Waals surface area contributed by atoms with Gasteiger partial charge in [0, 0.05) is 25.7 Å². The standard InChI is InChI=1S/C23H31N3O3S/c1-16(2)30(28,29)25(5)22-12-20(18(4)27)13-23(24-22)26(15-21-11-17(21)3)14-19-9-7-6-8-10-19/h6-10,12-13,16-17,21H,11,14-15H2,1-5H3. The molecule has 3 rings (SSSR count). The number of carbonyl (C=O) groups is 1. The van der Waals surface area contributed by atoms with Crippen LogP contribution in [-0.4, -0.2) is 38.0 Å². The van der Waals surface area contributed by atoms with Gasteiger partial charge in [-0.15, -0.1) is 0 Å². The molecule has 0 radical (unpaired) electrons. The zero-order valence-electron chi connectivity index (χ0n) is 18.4. The number of pyridine rings is 1. The Hall–Kier alpha value is -2.41. The lowest BCUT2D eigenvalue weighted by Gasteiger charge is -2.27. The summed E-state index contributed by atoms with van der Waals surface area (Å²) in [5.74, 6) is 2.04. The molecule has 0 aliphatic heterocycles. The summed E-state index contributed by atoms with van der Waals surface area (Å²) in [5.41, 5.74) is 1.60. The quantitative estimate of drug-likeness (QED) is 0.561. The summed E-state index contributed by atoms with van der Waals surface area (Å²) in [6.45, 7) is 8.47. The molecule has 1 saturated carbocycles. The lowest BCUT2D eigenvalue weighted by Crippen LogP contribution is -2.34. The molecule has 1 aliphatic rings. The molecule has 30 heavy (non-hydrogen) atoms. The van der Waals surface area contributed by atoms with Crippen LogP contribution in [0.4, 0.5) is 11.6 Å². The first-order chi connectivity index (χ1) is 14.1. The molecular formula is C23H31N3O3S. The number of aromatic nitrogens is 1. The van der Waals surface area contributed by atoms with Crippen molar-refractivity contribution < 1.29 is 13.2 Å². The first-order valence-electron chi connectivity index (χ1n) is 10.4. The summed E-state index contributed by atoms with van der Waals surface area (Å²) in [5, 5.41) is -0.582. The van der Waals surface area contributed by atoms with Crippen molar-refractivity contribution >= 4 is 27.4 Å². The first-order valence-corrected chi connectivity index (χ1v) is 11.9. The van der Waals surface area contributed by atoms with Gasteiger partial charge in [0.05, 0.1) is 5.25 Å². The second kappa shape index (κ2) is 8.76. The SMILES string of the molecule is CC(=O)c1cc(N(Cc2ccccc2)CC2CC2C)nc(N(C)S(=O)(=O)C(C)C)c1. The van der Waals surface area contributed by atoms with Gasteiger partial charge in [0.15, 0.2) is 5.78 Å². The molecule has 1 aromatic heterocycles. The lowest BCUT2D eigenvalue weighted by molar-refractivity contribution is 0.101. The van der Waals surface area contributed by atoms with E-state index in [1.807, 2.05) is 18.2 Å². The zero-order valence-corrected chi connectivity index (χ0v) is 19.2. The maximum atomic E-state index is 12.7. The van der Waals surface area contributed by atoms with Gasteiger partial charge in [-0.1, -0.05) is 37.3 Å². The number of carbonyl (C=O) groups excluding carboxylic acids is 1. The van der Waals surface area contributed by atoms with Gasteiger partial charge in [-0.25, -0.2) is 13.4 Å². The highest BCUT2D eigenvalue weighted by Gasteiger charge is 2.34. The molecule has 0 N–H and O–H groups in total. The largest absolute Gasteiger partial charge is 0.352 e. The molecule has 0 saturated heterocycles. The number of benzene rings is 1. The fourth-order valence-corrected chi connectivity index (χ4v) is 4.44. The predicted octanol–water partition coefficient (Wildman–Crippen LogP) is 4.12. The molecule has 0 spiro atoms. The van der Waals surface area contributed by atoms with E-state index in [9.17, 15) is 13.2 Å². The fraction of sp³-hybridized carbons (Fsp3) is 0.478. The van der Waals surface area contributed by atoms with Crippen LogP contribution in [0.25, 0.3) is 0 Å². The Labute approximate surface area is 180 Å². The van der Waals surface area contributed by atoms with Gasteiger partial charge in [-0.2, -0.15) is 0 Å². The number of ketones is 1. The van der Waals surface area contributed by atoms with E-state index < -0.39 is 15.3 Å². The van der Waals surface area contributed by atoms with E-state index in [1.165, 1.54) is 24.7 Å². The Morgan fingerprint density at radius 1 is 1.17 bits per heavy atom. The highest BCUT2D eigenvalue weighted by Crippen LogP contribution is 2.39. The number of sulfonamides is 1. The van der Waals surface area contributed by atoms with E-state index >= 15 is 0 Å². The number of nitrogens with zero attached hydrogens (tertiary/aromatic N) is 3. The number of hydrogen-bond donors (Lipinski definition) is 0. The Morgan fingerprint density at radius 2 is 1.77 bits per heavy atom. The minimum absolute atomic E-state index is 0.116. The molecule has 2 atom stereocenters. The van der Waals surface area contributed by atoms with Crippen LogP contribution < -0.4 is 9.21 Å². The predicted molar refractivity (Wildman–Crippen MR) is 121 cm³/mol. The Kier molecular flexibility index (Phi) is 6.50. The van der Waals surface area contributed by atoms with E-state index in [-0.39, 0.29) is 11.6 Å². The highest BCUT2D eigenvalue weighted by molar-refractivity contribution is 7.93. The van der Waals surface area contributed by atoms with Crippen LogP contribution in [0.2, 0.25) is 0 Å². The molecule has 6 nitrogen and oxygen atoms in total. The molecule has 2 unspecified atom stereocenters. The minimum Gasteiger partial charge on any atom is -0.352 e. The molecule has 162 valence electrons. The first kappa shape index (κ1) is 22.3. The maximum absolute atomic E-state index is 12.7. The molecule has 0 bridgehead atoms. The number of Topliss-reactive ketones (excluding diaryl/α,β-unsaturated/α-hetero) is 1. The van der Waals surface area contributed by atoms with Crippen molar-refractivity contribution in [2.45, 2.75) is 45.9 Å². The van der Waals surface area contributed by atoms with Gasteiger partial charge in [-0.05, 0) is 56.7 Å². The molecular weight excluding hydrogens is 398 g/mol. The van der Waals surface area contributed by atoms with Crippen LogP contribution in [-0.2, 0) is 16.6 Å². The van der Waals surface area contributed by atoms with Crippen LogP contribution in [0.3, 0.4) is 0 Å². The second-order valence-corrected chi connectivity index (χ2v) is 11.0. The molecule has 1 aromatic carbocycles. The van der Waals surface area contributed by atoms with Gasteiger partial charge in [-0.3, -0.25) is 9.10 Å². The lowest BCUT2D eigenvalue weighted by atomic mass is 10.1. The summed E-state index contributed by atoms with van der Waals surface area (Å²) in [7, 11) is -2.06. The minimum atomic E-state index is -3.55. The van der Waals surface area contributed by atoms with E-state index in [1.54, 1.807) is 26.0 Å². The Bertz CT molecular complexity index is 1010. The van der Waals surface area contributed by atoms with Crippen LogP contribution in [0.15, 0.2) is 42.5 Å². The van der Waals surface area contributed by atoms with E-state index in [0.29, 0.717) is 29.8 Å². The van der Waals surface area contributed by atoms with Crippen molar-refractivity contribution in [2.24, 2.45) is 11.8 Å². The van der Waals surface area contributed by atoms with Crippen molar-refractivity contribution in [1.82, 2.24) is 4.98 Å². The van der Waals surface area contributed by atoms with Crippen LogP contribution in [0.5, 0.6) is 0 Å². The summed E-state index contributed by atoms with van der Waals surface area (Å²) in [6.07, 6.45) is 1.17. The summed E-state index contributed by atoms with van der Waals surface area (Å²) >= 11 is 0. The van der Waals surface area contributed by atoms with Crippen molar-refractivity contribution in [3.05, 3.63) is 53.6 Å². The second-order valence-electron chi connectivity index (χ2n) is 8.53. The van der Waals surface area contributed by atoms with Crippen molar-refractivity contribution in [3.8, 4) is 0 Å².